The number of para-hydroxylation sites is 1. The van der Waals surface area contributed by atoms with E-state index in [1.54, 1.807) is 24.3 Å². The molecule has 29 heavy (non-hydrogen) atoms. The lowest BCUT2D eigenvalue weighted by atomic mass is 9.92. The first-order valence-electron chi connectivity index (χ1n) is 8.83. The molecule has 2 aromatic rings. The van der Waals surface area contributed by atoms with Crippen LogP contribution >= 0.6 is 0 Å². The molecule has 1 aliphatic heterocycles. The Hall–Kier alpha value is -3.49. The predicted octanol–water partition coefficient (Wildman–Crippen LogP) is 3.49. The van der Waals surface area contributed by atoms with Crippen molar-refractivity contribution in [3.8, 4) is 11.5 Å². The van der Waals surface area contributed by atoms with Crippen LogP contribution < -0.4 is 14.8 Å². The molecule has 1 aliphatic rings. The molecule has 0 spiro atoms. The summed E-state index contributed by atoms with van der Waals surface area (Å²) in [5, 5.41) is 7.33. The minimum absolute atomic E-state index is 0.0495. The average Bonchev–Trinajstić information content (AvgIpc) is 2.91. The summed E-state index contributed by atoms with van der Waals surface area (Å²) in [4.78, 5) is 25.2. The van der Waals surface area contributed by atoms with Crippen molar-refractivity contribution in [2.75, 3.05) is 6.61 Å². The van der Waals surface area contributed by atoms with Crippen molar-refractivity contribution >= 4 is 18.2 Å². The molecule has 0 radical (unpaired) electrons. The van der Waals surface area contributed by atoms with E-state index in [-0.39, 0.29) is 5.75 Å². The van der Waals surface area contributed by atoms with Crippen LogP contribution in [0.25, 0.3) is 0 Å². The summed E-state index contributed by atoms with van der Waals surface area (Å²) in [5.74, 6) is -0.0788. The van der Waals surface area contributed by atoms with Gasteiger partial charge in [-0.2, -0.15) is 13.9 Å². The summed E-state index contributed by atoms with van der Waals surface area (Å²) in [6.07, 6.45) is 1.37. The number of carbonyl (C=O) groups is 2. The van der Waals surface area contributed by atoms with Crippen LogP contribution in [0.3, 0.4) is 0 Å². The first kappa shape index (κ1) is 20.2. The number of amides is 3. The molecule has 3 amide bonds. The quantitative estimate of drug-likeness (QED) is 0.567. The summed E-state index contributed by atoms with van der Waals surface area (Å²) >= 11 is 0. The van der Waals surface area contributed by atoms with Crippen LogP contribution in [0.15, 0.2) is 53.6 Å². The van der Waals surface area contributed by atoms with Gasteiger partial charge in [-0.15, -0.1) is 5.01 Å². The van der Waals surface area contributed by atoms with Crippen molar-refractivity contribution in [1.29, 1.82) is 0 Å². The molecule has 7 nitrogen and oxygen atoms in total. The molecule has 0 bridgehead atoms. The minimum atomic E-state index is -2.95. The second kappa shape index (κ2) is 8.26. The van der Waals surface area contributed by atoms with Crippen LogP contribution in [0.4, 0.5) is 13.6 Å². The van der Waals surface area contributed by atoms with Gasteiger partial charge < -0.3 is 14.8 Å². The van der Waals surface area contributed by atoms with E-state index in [1.165, 1.54) is 37.4 Å². The molecule has 1 fully saturated rings. The zero-order valence-electron chi connectivity index (χ0n) is 15.8. The summed E-state index contributed by atoms with van der Waals surface area (Å²) < 4.78 is 34.4. The van der Waals surface area contributed by atoms with E-state index >= 15 is 0 Å². The summed E-state index contributed by atoms with van der Waals surface area (Å²) in [5.41, 5.74) is -0.376. The first-order chi connectivity index (χ1) is 13.8. The third kappa shape index (κ3) is 4.18. The molecule has 1 atom stereocenters. The number of nitrogens with one attached hydrogen (secondary N) is 1. The Kier molecular flexibility index (Phi) is 5.76. The molecule has 152 valence electrons. The van der Waals surface area contributed by atoms with Gasteiger partial charge in [-0.05, 0) is 43.7 Å². The van der Waals surface area contributed by atoms with Gasteiger partial charge in [0.25, 0.3) is 5.91 Å². The molecule has 1 N–H and O–H groups in total. The molecule has 3 rings (SSSR count). The lowest BCUT2D eigenvalue weighted by Crippen LogP contribution is -2.40. The zero-order valence-corrected chi connectivity index (χ0v) is 15.8. The predicted molar refractivity (Wildman–Crippen MR) is 101 cm³/mol. The maximum atomic E-state index is 12.9. The summed E-state index contributed by atoms with van der Waals surface area (Å²) in [6, 6.07) is 11.9. The fourth-order valence-electron chi connectivity index (χ4n) is 2.89. The van der Waals surface area contributed by atoms with E-state index in [0.717, 1.165) is 5.01 Å². The Morgan fingerprint density at radius 2 is 1.86 bits per heavy atom. The largest absolute Gasteiger partial charge is 0.493 e. The first-order valence-corrected chi connectivity index (χ1v) is 8.83. The Bertz CT molecular complexity index is 934. The third-order valence-electron chi connectivity index (χ3n) is 4.36. The Morgan fingerprint density at radius 1 is 1.17 bits per heavy atom. The standard InChI is InChI=1S/C20H19F2N3O4/c1-3-28-16-7-5-4-6-13(16)12-23-25-17(26)20(2,24-19(25)27)14-8-10-15(11-9-14)29-18(21)22/h4-12,18H,3H2,1-2H3,(H,24,27). The topological polar surface area (TPSA) is 80.2 Å². The number of hydrazone groups is 1. The molecule has 1 heterocycles. The van der Waals surface area contributed by atoms with Gasteiger partial charge in [0.05, 0.1) is 12.8 Å². The van der Waals surface area contributed by atoms with E-state index in [9.17, 15) is 18.4 Å². The highest BCUT2D eigenvalue weighted by Crippen LogP contribution is 2.30. The third-order valence-corrected chi connectivity index (χ3v) is 4.36. The number of benzene rings is 2. The minimum Gasteiger partial charge on any atom is -0.493 e. The van der Waals surface area contributed by atoms with Gasteiger partial charge in [-0.1, -0.05) is 24.3 Å². The average molecular weight is 403 g/mol. The van der Waals surface area contributed by atoms with Crippen LogP contribution in [0.5, 0.6) is 11.5 Å². The van der Waals surface area contributed by atoms with Crippen LogP contribution in [-0.2, 0) is 10.3 Å². The molecule has 9 heteroatoms. The number of imide groups is 1. The SMILES string of the molecule is CCOc1ccccc1C=NN1C(=O)NC(C)(c2ccc(OC(F)F)cc2)C1=O. The van der Waals surface area contributed by atoms with Gasteiger partial charge in [0, 0.05) is 5.56 Å². The van der Waals surface area contributed by atoms with E-state index < -0.39 is 24.1 Å². The highest BCUT2D eigenvalue weighted by molar-refractivity contribution is 6.07. The number of rotatable bonds is 7. The number of urea groups is 1. The molecule has 0 aromatic heterocycles. The van der Waals surface area contributed by atoms with Crippen LogP contribution in [0, 0.1) is 0 Å². The molecule has 2 aromatic carbocycles. The van der Waals surface area contributed by atoms with Gasteiger partial charge in [-0.3, -0.25) is 4.79 Å². The Labute approximate surface area is 165 Å². The molecular weight excluding hydrogens is 384 g/mol. The highest BCUT2D eigenvalue weighted by Gasteiger charge is 2.49. The second-order valence-electron chi connectivity index (χ2n) is 6.29. The van der Waals surface area contributed by atoms with Gasteiger partial charge in [0.1, 0.15) is 17.0 Å². The Morgan fingerprint density at radius 3 is 2.52 bits per heavy atom. The summed E-state index contributed by atoms with van der Waals surface area (Å²) in [6.45, 7) is 0.861. The van der Waals surface area contributed by atoms with Gasteiger partial charge in [0.15, 0.2) is 0 Å². The molecule has 1 saturated heterocycles. The van der Waals surface area contributed by atoms with E-state index in [2.05, 4.69) is 15.2 Å². The van der Waals surface area contributed by atoms with Gasteiger partial charge >= 0.3 is 12.6 Å². The van der Waals surface area contributed by atoms with Crippen molar-refractivity contribution in [3.05, 3.63) is 59.7 Å². The van der Waals surface area contributed by atoms with Crippen LogP contribution in [0.2, 0.25) is 0 Å². The summed E-state index contributed by atoms with van der Waals surface area (Å²) in [7, 11) is 0. The fourth-order valence-corrected chi connectivity index (χ4v) is 2.89. The van der Waals surface area contributed by atoms with E-state index in [1.807, 2.05) is 6.92 Å². The fraction of sp³-hybridized carbons (Fsp3) is 0.250. The maximum Gasteiger partial charge on any atom is 0.387 e. The van der Waals surface area contributed by atoms with E-state index in [0.29, 0.717) is 23.5 Å². The number of hydrogen-bond acceptors (Lipinski definition) is 5. The monoisotopic (exact) mass is 403 g/mol. The van der Waals surface area contributed by atoms with Gasteiger partial charge in [0.2, 0.25) is 0 Å². The number of nitrogens with zero attached hydrogens (tertiary/aromatic N) is 2. The molecular formula is C20H19F2N3O4. The number of hydrogen-bond donors (Lipinski definition) is 1. The Balaban J connectivity index is 1.82. The number of carbonyl (C=O) groups excluding carboxylic acids is 2. The molecule has 0 saturated carbocycles. The molecule has 1 unspecified atom stereocenters. The lowest BCUT2D eigenvalue weighted by molar-refractivity contribution is -0.131. The van der Waals surface area contributed by atoms with Crippen molar-refractivity contribution < 1.29 is 27.8 Å². The highest BCUT2D eigenvalue weighted by atomic mass is 19.3. The second-order valence-corrected chi connectivity index (χ2v) is 6.29. The lowest BCUT2D eigenvalue weighted by Gasteiger charge is -2.21. The number of halogens is 2. The maximum absolute atomic E-state index is 12.9. The van der Waals surface area contributed by atoms with Crippen molar-refractivity contribution in [1.82, 2.24) is 10.3 Å². The normalized spacial score (nSPS) is 19.1. The number of alkyl halides is 2. The van der Waals surface area contributed by atoms with Crippen molar-refractivity contribution in [2.24, 2.45) is 5.10 Å². The van der Waals surface area contributed by atoms with Crippen LogP contribution in [-0.4, -0.2) is 36.4 Å². The van der Waals surface area contributed by atoms with Crippen molar-refractivity contribution in [2.45, 2.75) is 26.0 Å². The van der Waals surface area contributed by atoms with Crippen molar-refractivity contribution in [3.63, 3.8) is 0 Å². The van der Waals surface area contributed by atoms with Crippen LogP contribution in [0.1, 0.15) is 25.0 Å². The zero-order chi connectivity index (χ0) is 21.0. The van der Waals surface area contributed by atoms with E-state index in [4.69, 9.17) is 4.74 Å². The smallest absolute Gasteiger partial charge is 0.387 e. The van der Waals surface area contributed by atoms with Gasteiger partial charge in [-0.25, -0.2) is 4.79 Å². The molecule has 0 aliphatic carbocycles. The number of ether oxygens (including phenoxy) is 2.